The standard InChI is InChI=1S/C19H19ClN2O3S/c20-17-13-15(22-10-3-4-12-26(22,24)25)7-8-16(17)19(23)21-11-9-14-5-1-2-6-18(14)21/h1-2,5-8,13H,3-4,9-12H2. The smallest absolute Gasteiger partial charge is 0.259 e. The average molecular weight is 391 g/mol. The van der Waals surface area contributed by atoms with Crippen LogP contribution in [0.1, 0.15) is 28.8 Å². The summed E-state index contributed by atoms with van der Waals surface area (Å²) in [6.07, 6.45) is 2.32. The number of sulfonamides is 1. The summed E-state index contributed by atoms with van der Waals surface area (Å²) in [7, 11) is -3.30. The Kier molecular flexibility index (Phi) is 4.40. The number of para-hydroxylation sites is 1. The van der Waals surface area contributed by atoms with E-state index in [9.17, 15) is 13.2 Å². The van der Waals surface area contributed by atoms with Gasteiger partial charge in [-0.2, -0.15) is 0 Å². The number of hydrogen-bond acceptors (Lipinski definition) is 3. The molecule has 136 valence electrons. The van der Waals surface area contributed by atoms with Crippen molar-refractivity contribution in [3.05, 3.63) is 58.6 Å². The number of carbonyl (C=O) groups excluding carboxylic acids is 1. The van der Waals surface area contributed by atoms with Crippen LogP contribution in [-0.4, -0.2) is 33.2 Å². The van der Waals surface area contributed by atoms with E-state index in [1.807, 2.05) is 24.3 Å². The largest absolute Gasteiger partial charge is 0.308 e. The van der Waals surface area contributed by atoms with Crippen LogP contribution in [0.15, 0.2) is 42.5 Å². The average Bonchev–Trinajstić information content (AvgIpc) is 3.05. The van der Waals surface area contributed by atoms with Gasteiger partial charge in [-0.25, -0.2) is 8.42 Å². The monoisotopic (exact) mass is 390 g/mol. The minimum atomic E-state index is -3.30. The van der Waals surface area contributed by atoms with Crippen molar-refractivity contribution >= 4 is 38.9 Å². The van der Waals surface area contributed by atoms with Gasteiger partial charge >= 0.3 is 0 Å². The third kappa shape index (κ3) is 2.97. The highest BCUT2D eigenvalue weighted by Gasteiger charge is 2.29. The quantitative estimate of drug-likeness (QED) is 0.788. The van der Waals surface area contributed by atoms with E-state index in [2.05, 4.69) is 0 Å². The van der Waals surface area contributed by atoms with E-state index in [4.69, 9.17) is 11.6 Å². The Morgan fingerprint density at radius 1 is 1.04 bits per heavy atom. The first kappa shape index (κ1) is 17.4. The molecule has 2 heterocycles. The lowest BCUT2D eigenvalue weighted by Gasteiger charge is -2.28. The number of rotatable bonds is 2. The fourth-order valence-electron chi connectivity index (χ4n) is 3.61. The molecular weight excluding hydrogens is 372 g/mol. The highest BCUT2D eigenvalue weighted by Crippen LogP contribution is 2.32. The molecule has 0 aliphatic carbocycles. The molecule has 0 unspecified atom stereocenters. The maximum absolute atomic E-state index is 13.0. The van der Waals surface area contributed by atoms with Gasteiger partial charge in [0.25, 0.3) is 5.91 Å². The van der Waals surface area contributed by atoms with E-state index in [-0.39, 0.29) is 16.7 Å². The molecule has 1 saturated heterocycles. The van der Waals surface area contributed by atoms with Crippen LogP contribution in [0.4, 0.5) is 11.4 Å². The van der Waals surface area contributed by atoms with Crippen LogP contribution in [0.5, 0.6) is 0 Å². The lowest BCUT2D eigenvalue weighted by molar-refractivity contribution is 0.0989. The number of benzene rings is 2. The van der Waals surface area contributed by atoms with Gasteiger partial charge < -0.3 is 4.90 Å². The zero-order chi connectivity index (χ0) is 18.3. The molecule has 0 saturated carbocycles. The maximum atomic E-state index is 13.0. The minimum absolute atomic E-state index is 0.149. The SMILES string of the molecule is O=C(c1ccc(N2CCCCS2(=O)=O)cc1Cl)N1CCc2ccccc21. The Balaban J connectivity index is 1.64. The van der Waals surface area contributed by atoms with Crippen molar-refractivity contribution in [1.82, 2.24) is 0 Å². The lowest BCUT2D eigenvalue weighted by Crippen LogP contribution is -2.38. The second-order valence-electron chi connectivity index (χ2n) is 6.59. The van der Waals surface area contributed by atoms with Crippen LogP contribution < -0.4 is 9.21 Å². The van der Waals surface area contributed by atoms with Crippen LogP contribution in [0, 0.1) is 0 Å². The first-order valence-corrected chi connectivity index (χ1v) is 10.7. The van der Waals surface area contributed by atoms with Crippen LogP contribution in [0.2, 0.25) is 5.02 Å². The van der Waals surface area contributed by atoms with Gasteiger partial charge in [0.15, 0.2) is 0 Å². The van der Waals surface area contributed by atoms with Crippen LogP contribution in [-0.2, 0) is 16.4 Å². The molecule has 0 aromatic heterocycles. The van der Waals surface area contributed by atoms with Crippen molar-refractivity contribution in [3.8, 4) is 0 Å². The molecule has 5 nitrogen and oxygen atoms in total. The van der Waals surface area contributed by atoms with Gasteiger partial charge in [-0.15, -0.1) is 0 Å². The van der Waals surface area contributed by atoms with E-state index < -0.39 is 10.0 Å². The predicted octanol–water partition coefficient (Wildman–Crippen LogP) is 3.47. The van der Waals surface area contributed by atoms with Crippen LogP contribution >= 0.6 is 11.6 Å². The van der Waals surface area contributed by atoms with Gasteiger partial charge in [-0.1, -0.05) is 29.8 Å². The first-order chi connectivity index (χ1) is 12.5. The number of nitrogens with zero attached hydrogens (tertiary/aromatic N) is 2. The number of hydrogen-bond donors (Lipinski definition) is 0. The van der Waals surface area contributed by atoms with Gasteiger partial charge in [0.2, 0.25) is 10.0 Å². The summed E-state index contributed by atoms with van der Waals surface area (Å²) in [5.41, 5.74) is 2.97. The lowest BCUT2D eigenvalue weighted by atomic mass is 10.1. The molecule has 4 rings (SSSR count). The van der Waals surface area contributed by atoms with Crippen molar-refractivity contribution in [3.63, 3.8) is 0 Å². The number of halogens is 1. The van der Waals surface area contributed by atoms with Crippen molar-refractivity contribution in [1.29, 1.82) is 0 Å². The topological polar surface area (TPSA) is 57.7 Å². The van der Waals surface area contributed by atoms with Gasteiger partial charge in [0.05, 0.1) is 22.0 Å². The van der Waals surface area contributed by atoms with E-state index in [0.717, 1.165) is 24.1 Å². The Labute approximate surface area is 158 Å². The Morgan fingerprint density at radius 3 is 2.62 bits per heavy atom. The first-order valence-electron chi connectivity index (χ1n) is 8.67. The summed E-state index contributed by atoms with van der Waals surface area (Å²) in [4.78, 5) is 14.7. The van der Waals surface area contributed by atoms with Crippen molar-refractivity contribution in [2.24, 2.45) is 0 Å². The zero-order valence-electron chi connectivity index (χ0n) is 14.2. The summed E-state index contributed by atoms with van der Waals surface area (Å²) in [5, 5.41) is 0.276. The van der Waals surface area contributed by atoms with E-state index >= 15 is 0 Å². The van der Waals surface area contributed by atoms with Crippen molar-refractivity contribution in [2.45, 2.75) is 19.3 Å². The number of carbonyl (C=O) groups is 1. The van der Waals surface area contributed by atoms with Gasteiger partial charge in [-0.3, -0.25) is 9.10 Å². The van der Waals surface area contributed by atoms with Crippen molar-refractivity contribution < 1.29 is 13.2 Å². The Morgan fingerprint density at radius 2 is 1.85 bits per heavy atom. The number of anilines is 2. The molecule has 26 heavy (non-hydrogen) atoms. The highest BCUT2D eigenvalue weighted by molar-refractivity contribution is 7.92. The fraction of sp³-hybridized carbons (Fsp3) is 0.316. The number of amides is 1. The molecule has 2 aliphatic heterocycles. The molecule has 0 bridgehead atoms. The maximum Gasteiger partial charge on any atom is 0.259 e. The Bertz CT molecular complexity index is 974. The van der Waals surface area contributed by atoms with Gasteiger partial charge in [0, 0.05) is 18.8 Å². The molecule has 1 fully saturated rings. The highest BCUT2D eigenvalue weighted by atomic mass is 35.5. The second-order valence-corrected chi connectivity index (χ2v) is 9.01. The summed E-state index contributed by atoms with van der Waals surface area (Å²) in [6.45, 7) is 1.07. The predicted molar refractivity (Wildman–Crippen MR) is 104 cm³/mol. The normalized spacial score (nSPS) is 18.7. The summed E-state index contributed by atoms with van der Waals surface area (Å²) < 4.78 is 25.9. The molecule has 2 aromatic rings. The molecule has 0 spiro atoms. The molecule has 0 radical (unpaired) electrons. The Hall–Kier alpha value is -2.05. The summed E-state index contributed by atoms with van der Waals surface area (Å²) >= 11 is 6.37. The molecule has 0 atom stereocenters. The number of fused-ring (bicyclic) bond motifs is 1. The van der Waals surface area contributed by atoms with Crippen LogP contribution in [0.3, 0.4) is 0 Å². The molecular formula is C19H19ClN2O3S. The fourth-order valence-corrected chi connectivity index (χ4v) is 5.49. The second kappa shape index (κ2) is 6.59. The third-order valence-electron chi connectivity index (χ3n) is 4.95. The van der Waals surface area contributed by atoms with E-state index in [0.29, 0.717) is 30.8 Å². The molecule has 2 aliphatic rings. The van der Waals surface area contributed by atoms with Crippen molar-refractivity contribution in [2.75, 3.05) is 28.0 Å². The third-order valence-corrected chi connectivity index (χ3v) is 7.13. The molecule has 2 aromatic carbocycles. The molecule has 0 N–H and O–H groups in total. The summed E-state index contributed by atoms with van der Waals surface area (Å²) in [6, 6.07) is 12.7. The molecule has 7 heteroatoms. The summed E-state index contributed by atoms with van der Waals surface area (Å²) in [5.74, 6) is -0.0106. The zero-order valence-corrected chi connectivity index (χ0v) is 15.8. The van der Waals surface area contributed by atoms with Gasteiger partial charge in [0.1, 0.15) is 0 Å². The van der Waals surface area contributed by atoms with Gasteiger partial charge in [-0.05, 0) is 49.1 Å². The molecule has 1 amide bonds. The van der Waals surface area contributed by atoms with E-state index in [1.165, 1.54) is 4.31 Å². The van der Waals surface area contributed by atoms with Crippen LogP contribution in [0.25, 0.3) is 0 Å². The van der Waals surface area contributed by atoms with E-state index in [1.54, 1.807) is 23.1 Å². The minimum Gasteiger partial charge on any atom is -0.308 e.